The van der Waals surface area contributed by atoms with Crippen LogP contribution in [0.15, 0.2) is 34.9 Å². The number of fused-ring (bicyclic) bond motifs is 1. The molecule has 1 unspecified atom stereocenters. The predicted octanol–water partition coefficient (Wildman–Crippen LogP) is 2.97. The minimum Gasteiger partial charge on any atom is -0.481 e. The third-order valence-electron chi connectivity index (χ3n) is 5.13. The van der Waals surface area contributed by atoms with Crippen LogP contribution in [-0.4, -0.2) is 62.9 Å². The van der Waals surface area contributed by atoms with Crippen LogP contribution in [-0.2, 0) is 14.4 Å². The Morgan fingerprint density at radius 2 is 1.81 bits per heavy atom. The van der Waals surface area contributed by atoms with Gasteiger partial charge in [-0.2, -0.15) is 0 Å². The van der Waals surface area contributed by atoms with Crippen LogP contribution in [0.3, 0.4) is 0 Å². The number of halogens is 1. The first kappa shape index (κ1) is 24.0. The van der Waals surface area contributed by atoms with Crippen LogP contribution in [0.2, 0.25) is 0 Å². The summed E-state index contributed by atoms with van der Waals surface area (Å²) in [5.74, 6) is -3.58. The largest absolute Gasteiger partial charge is 0.481 e. The minimum atomic E-state index is -1.26. The second kappa shape index (κ2) is 11.2. The number of piperidine rings is 1. The molecule has 1 aromatic heterocycles. The van der Waals surface area contributed by atoms with Crippen molar-refractivity contribution < 1.29 is 38.6 Å². The summed E-state index contributed by atoms with van der Waals surface area (Å²) >= 11 is 0. The number of aliphatic carboxylic acids is 3. The quantitative estimate of drug-likeness (QED) is 0.558. The number of carboxylic acids is 3. The van der Waals surface area contributed by atoms with Gasteiger partial charge in [0.25, 0.3) is 0 Å². The van der Waals surface area contributed by atoms with E-state index in [1.807, 2.05) is 6.92 Å². The van der Waals surface area contributed by atoms with E-state index < -0.39 is 17.9 Å². The average molecular weight is 436 g/mol. The number of rotatable bonds is 7. The second-order valence-electron chi connectivity index (χ2n) is 7.24. The van der Waals surface area contributed by atoms with Gasteiger partial charge >= 0.3 is 17.9 Å². The Balaban J connectivity index is 0.000000366. The smallest absolute Gasteiger partial charge is 0.328 e. The van der Waals surface area contributed by atoms with Crippen LogP contribution in [0.5, 0.6) is 0 Å². The van der Waals surface area contributed by atoms with Gasteiger partial charge in [-0.3, -0.25) is 4.79 Å². The molecule has 1 aliphatic heterocycles. The highest BCUT2D eigenvalue weighted by Crippen LogP contribution is 2.33. The zero-order valence-corrected chi connectivity index (χ0v) is 17.0. The highest BCUT2D eigenvalue weighted by atomic mass is 19.1. The van der Waals surface area contributed by atoms with E-state index in [9.17, 15) is 18.8 Å². The Morgan fingerprint density at radius 1 is 1.19 bits per heavy atom. The number of hydrogen-bond acceptors (Lipinski definition) is 6. The Morgan fingerprint density at radius 3 is 2.32 bits per heavy atom. The lowest BCUT2D eigenvalue weighted by atomic mass is 9.91. The Kier molecular flexibility index (Phi) is 8.68. The number of nitrogens with zero attached hydrogens (tertiary/aromatic N) is 2. The van der Waals surface area contributed by atoms with Gasteiger partial charge in [-0.1, -0.05) is 12.1 Å². The maximum atomic E-state index is 13.2. The van der Waals surface area contributed by atoms with Crippen molar-refractivity contribution in [2.75, 3.05) is 19.6 Å². The molecule has 0 radical (unpaired) electrons. The first-order valence-electron chi connectivity index (χ1n) is 9.85. The number of aromatic nitrogens is 1. The van der Waals surface area contributed by atoms with Gasteiger partial charge in [0.1, 0.15) is 5.82 Å². The highest BCUT2D eigenvalue weighted by molar-refractivity contribution is 5.89. The van der Waals surface area contributed by atoms with Crippen molar-refractivity contribution in [3.8, 4) is 0 Å². The molecule has 0 spiro atoms. The molecule has 2 heterocycles. The molecule has 0 saturated carbocycles. The van der Waals surface area contributed by atoms with Crippen LogP contribution in [0, 0.1) is 11.7 Å². The number of carbonyl (C=O) groups is 3. The minimum absolute atomic E-state index is 0.280. The molecular weight excluding hydrogens is 411 g/mol. The van der Waals surface area contributed by atoms with Crippen LogP contribution >= 0.6 is 0 Å². The molecule has 1 aliphatic rings. The fourth-order valence-electron chi connectivity index (χ4n) is 3.45. The second-order valence-corrected chi connectivity index (χ2v) is 7.24. The lowest BCUT2D eigenvalue weighted by Gasteiger charge is -2.32. The molecule has 0 amide bonds. The molecular formula is C21H25FN2O7. The molecule has 10 heteroatoms. The van der Waals surface area contributed by atoms with Gasteiger partial charge in [0.05, 0.1) is 11.6 Å². The maximum Gasteiger partial charge on any atom is 0.328 e. The molecule has 168 valence electrons. The van der Waals surface area contributed by atoms with Gasteiger partial charge in [-0.05, 0) is 44.5 Å². The van der Waals surface area contributed by atoms with Gasteiger partial charge < -0.3 is 24.7 Å². The number of carboxylic acid groups (broad SMARTS) is 3. The maximum absolute atomic E-state index is 13.2. The third kappa shape index (κ3) is 7.18. The normalized spacial score (nSPS) is 16.1. The monoisotopic (exact) mass is 436 g/mol. The van der Waals surface area contributed by atoms with Crippen LogP contribution in [0.1, 0.15) is 37.8 Å². The van der Waals surface area contributed by atoms with Crippen LogP contribution in [0.25, 0.3) is 11.0 Å². The molecule has 1 atom stereocenters. The van der Waals surface area contributed by atoms with Crippen molar-refractivity contribution in [1.82, 2.24) is 10.1 Å². The summed E-state index contributed by atoms with van der Waals surface area (Å²) in [5, 5.41) is 29.8. The molecule has 3 rings (SSSR count). The van der Waals surface area contributed by atoms with Crippen molar-refractivity contribution in [3.63, 3.8) is 0 Å². The predicted molar refractivity (Wildman–Crippen MR) is 108 cm³/mol. The molecule has 2 aromatic rings. The fraction of sp³-hybridized carbons (Fsp3) is 0.429. The molecule has 31 heavy (non-hydrogen) atoms. The summed E-state index contributed by atoms with van der Waals surface area (Å²) in [6, 6.07) is 4.51. The van der Waals surface area contributed by atoms with Crippen LogP contribution < -0.4 is 0 Å². The van der Waals surface area contributed by atoms with Crippen molar-refractivity contribution in [3.05, 3.63) is 41.9 Å². The summed E-state index contributed by atoms with van der Waals surface area (Å²) in [5.41, 5.74) is 1.38. The zero-order valence-electron chi connectivity index (χ0n) is 17.0. The molecule has 9 nitrogen and oxygen atoms in total. The standard InChI is InChI=1S/C17H21FN2O3.C4H4O4/c1-2-11(17(21)22)10-20-7-5-12(6-8-20)16-14-4-3-13(18)9-15(14)23-19-16;5-3(6)1-2-4(7)8/h3-4,9,11-12H,2,5-8,10H2,1H3,(H,21,22);1-2H,(H,5,6)(H,7,8). The van der Waals surface area contributed by atoms with Gasteiger partial charge in [0, 0.05) is 36.1 Å². The van der Waals surface area contributed by atoms with E-state index in [1.54, 1.807) is 6.07 Å². The molecule has 1 aromatic carbocycles. The van der Waals surface area contributed by atoms with Crippen molar-refractivity contribution in [1.29, 1.82) is 0 Å². The topological polar surface area (TPSA) is 141 Å². The molecule has 1 saturated heterocycles. The Bertz CT molecular complexity index is 932. The first-order valence-corrected chi connectivity index (χ1v) is 9.85. The van der Waals surface area contributed by atoms with Crippen molar-refractivity contribution in [2.45, 2.75) is 32.1 Å². The van der Waals surface area contributed by atoms with Gasteiger partial charge in [-0.15, -0.1) is 0 Å². The fourth-order valence-corrected chi connectivity index (χ4v) is 3.45. The Labute approximate surface area is 177 Å². The van der Waals surface area contributed by atoms with E-state index in [0.717, 1.165) is 37.0 Å². The number of hydrogen-bond donors (Lipinski definition) is 3. The van der Waals surface area contributed by atoms with Gasteiger partial charge in [0.2, 0.25) is 0 Å². The van der Waals surface area contributed by atoms with Gasteiger partial charge in [-0.25, -0.2) is 14.0 Å². The third-order valence-corrected chi connectivity index (χ3v) is 5.13. The molecule has 0 aliphatic carbocycles. The van der Waals surface area contributed by atoms with E-state index in [4.69, 9.17) is 19.8 Å². The van der Waals surface area contributed by atoms with E-state index in [0.29, 0.717) is 30.7 Å². The summed E-state index contributed by atoms with van der Waals surface area (Å²) in [7, 11) is 0. The van der Waals surface area contributed by atoms with E-state index in [1.165, 1.54) is 12.1 Å². The molecule has 0 bridgehead atoms. The zero-order chi connectivity index (χ0) is 23.0. The number of likely N-dealkylation sites (tertiary alicyclic amines) is 1. The van der Waals surface area contributed by atoms with Crippen molar-refractivity contribution >= 4 is 28.9 Å². The summed E-state index contributed by atoms with van der Waals surface area (Å²) in [6.07, 6.45) is 3.59. The van der Waals surface area contributed by atoms with Crippen LogP contribution in [0.4, 0.5) is 4.39 Å². The summed E-state index contributed by atoms with van der Waals surface area (Å²) in [4.78, 5) is 32.5. The Hall–Kier alpha value is -3.27. The molecule has 3 N–H and O–H groups in total. The average Bonchev–Trinajstić information content (AvgIpc) is 3.14. The summed E-state index contributed by atoms with van der Waals surface area (Å²) in [6.45, 7) is 4.21. The summed E-state index contributed by atoms with van der Waals surface area (Å²) < 4.78 is 18.5. The lowest BCUT2D eigenvalue weighted by Crippen LogP contribution is -2.38. The first-order chi connectivity index (χ1) is 14.7. The van der Waals surface area contributed by atoms with Crippen molar-refractivity contribution in [2.24, 2.45) is 5.92 Å². The van der Waals surface area contributed by atoms with E-state index in [-0.39, 0.29) is 17.7 Å². The van der Waals surface area contributed by atoms with E-state index >= 15 is 0 Å². The molecule has 1 fully saturated rings. The van der Waals surface area contributed by atoms with Gasteiger partial charge in [0.15, 0.2) is 5.58 Å². The number of benzene rings is 1. The SMILES string of the molecule is CCC(CN1CCC(c2noc3cc(F)ccc23)CC1)C(=O)O.O=C(O)C=CC(=O)O. The van der Waals surface area contributed by atoms with E-state index in [2.05, 4.69) is 10.1 Å². The lowest BCUT2D eigenvalue weighted by molar-refractivity contribution is -0.142. The highest BCUT2D eigenvalue weighted by Gasteiger charge is 2.27.